The smallest absolute Gasteiger partial charge is 0.296 e. The van der Waals surface area contributed by atoms with E-state index in [1.54, 1.807) is 6.07 Å². The van der Waals surface area contributed by atoms with Crippen LogP contribution in [0.1, 0.15) is 43.3 Å². The second kappa shape index (κ2) is 11.2. The van der Waals surface area contributed by atoms with Gasteiger partial charge < -0.3 is 29.6 Å². The number of nitriles is 1. The molecule has 1 aliphatic carbocycles. The number of ether oxygens (including phenoxy) is 3. The zero-order valence-electron chi connectivity index (χ0n) is 22.3. The predicted molar refractivity (Wildman–Crippen MR) is 147 cm³/mol. The summed E-state index contributed by atoms with van der Waals surface area (Å²) in [6.45, 7) is 4.48. The zero-order chi connectivity index (χ0) is 28.7. The average molecular weight is 580 g/mol. The highest BCUT2D eigenvalue weighted by Gasteiger charge is 2.48. The lowest BCUT2D eigenvalue weighted by molar-refractivity contribution is 0.00706. The van der Waals surface area contributed by atoms with Gasteiger partial charge in [0.05, 0.1) is 29.8 Å². The molecule has 212 valence electrons. The van der Waals surface area contributed by atoms with Gasteiger partial charge in [0.1, 0.15) is 36.0 Å². The molecule has 5 atom stereocenters. The fourth-order valence-electron chi connectivity index (χ4n) is 5.47. The Balaban J connectivity index is 0.00000148. The van der Waals surface area contributed by atoms with Gasteiger partial charge in [-0.2, -0.15) is 10.2 Å². The molecule has 3 N–H and O–H groups in total. The van der Waals surface area contributed by atoms with E-state index in [0.717, 1.165) is 5.56 Å². The number of nitrogens with zero attached hydrogens (tertiary/aromatic N) is 5. The fraction of sp³-hybridized carbons (Fsp3) is 0.393. The minimum absolute atomic E-state index is 0.0606. The van der Waals surface area contributed by atoms with Gasteiger partial charge in [0.15, 0.2) is 11.8 Å². The summed E-state index contributed by atoms with van der Waals surface area (Å²) < 4.78 is 32.5. The lowest BCUT2D eigenvalue weighted by Gasteiger charge is -2.17. The maximum Gasteiger partial charge on any atom is 0.296 e. The highest BCUT2D eigenvalue weighted by molar-refractivity contribution is 6.33. The largest absolute Gasteiger partial charge is 0.456 e. The number of pyridine rings is 1. The maximum absolute atomic E-state index is 15.3. The number of rotatable bonds is 5. The van der Waals surface area contributed by atoms with Crippen LogP contribution in [0.3, 0.4) is 0 Å². The number of hydrogen-bond acceptors (Lipinski definition) is 10. The van der Waals surface area contributed by atoms with Gasteiger partial charge >= 0.3 is 0 Å². The first-order chi connectivity index (χ1) is 20.0. The van der Waals surface area contributed by atoms with Crippen LogP contribution in [-0.2, 0) is 15.9 Å². The molecule has 11 nitrogen and oxygen atoms in total. The molecule has 2 saturated heterocycles. The van der Waals surface area contributed by atoms with Crippen molar-refractivity contribution in [2.45, 2.75) is 57.1 Å². The maximum atomic E-state index is 15.3. The number of benzene rings is 1. The Kier molecular flexibility index (Phi) is 7.44. The highest BCUT2D eigenvalue weighted by Crippen LogP contribution is 2.39. The number of aliphatic hydroxyl groups is 1. The number of aliphatic hydroxyl groups excluding tert-OH is 1. The molecule has 7 rings (SSSR count). The second-order valence-electron chi connectivity index (χ2n) is 9.73. The van der Waals surface area contributed by atoms with Crippen molar-refractivity contribution in [2.75, 3.05) is 18.5 Å². The number of nitrogens with one attached hydrogen (secondary N) is 2. The lowest BCUT2D eigenvalue weighted by atomic mass is 10.0. The average Bonchev–Trinajstić information content (AvgIpc) is 3.76. The first-order valence-electron chi connectivity index (χ1n) is 13.4. The Labute approximate surface area is 239 Å². The standard InChI is InChI=1S/C26H21ClFN7O4.C2H6/c27-14-5-17-25(35-26(33-17)39-19-10-38-22-18(36)9-37-23(19)22)34-24(14)32-16-2-1-11-3-12(4-15(28)21(11)16)13-7-30-20(6-29)31-8-13;1-2/h3-5,7-8,16,18-19,22-23,36H,1-2,9-10H2,(H2,32,33,34,35);1-2H3/t16-,18+,19+,22?,23+;/m0./s1. The van der Waals surface area contributed by atoms with Crippen molar-refractivity contribution in [2.24, 2.45) is 0 Å². The highest BCUT2D eigenvalue weighted by atomic mass is 35.5. The van der Waals surface area contributed by atoms with Crippen LogP contribution >= 0.6 is 11.6 Å². The molecule has 4 aromatic rings. The molecule has 3 aliphatic rings. The van der Waals surface area contributed by atoms with Crippen LogP contribution in [0.5, 0.6) is 6.01 Å². The van der Waals surface area contributed by atoms with E-state index in [0.29, 0.717) is 51.5 Å². The zero-order valence-corrected chi connectivity index (χ0v) is 23.0. The number of aryl methyl sites for hydroxylation is 1. The second-order valence-corrected chi connectivity index (χ2v) is 10.1. The van der Waals surface area contributed by atoms with Crippen LogP contribution in [0.2, 0.25) is 5.02 Å². The third-order valence-corrected chi connectivity index (χ3v) is 7.60. The number of aromatic amines is 1. The summed E-state index contributed by atoms with van der Waals surface area (Å²) >= 11 is 6.54. The summed E-state index contributed by atoms with van der Waals surface area (Å²) in [7, 11) is 0. The summed E-state index contributed by atoms with van der Waals surface area (Å²) in [6.07, 6.45) is 2.48. The minimum Gasteiger partial charge on any atom is -0.456 e. The Morgan fingerprint density at radius 3 is 2.68 bits per heavy atom. The number of aromatic nitrogens is 5. The molecule has 13 heteroatoms. The van der Waals surface area contributed by atoms with Crippen LogP contribution < -0.4 is 10.1 Å². The van der Waals surface area contributed by atoms with E-state index in [1.165, 1.54) is 18.5 Å². The fourth-order valence-corrected chi connectivity index (χ4v) is 5.67. The predicted octanol–water partition coefficient (Wildman–Crippen LogP) is 4.11. The van der Waals surface area contributed by atoms with Gasteiger partial charge in [-0.25, -0.2) is 19.3 Å². The van der Waals surface area contributed by atoms with Crippen molar-refractivity contribution >= 4 is 28.6 Å². The van der Waals surface area contributed by atoms with Crippen molar-refractivity contribution in [3.8, 4) is 23.2 Å². The molecule has 0 bridgehead atoms. The summed E-state index contributed by atoms with van der Waals surface area (Å²) in [6, 6.07) is 6.84. The van der Waals surface area contributed by atoms with E-state index >= 15 is 4.39 Å². The normalized spacial score (nSPS) is 24.3. The third-order valence-electron chi connectivity index (χ3n) is 7.31. The van der Waals surface area contributed by atoms with Crippen molar-refractivity contribution < 1.29 is 23.7 Å². The molecule has 2 aliphatic heterocycles. The molecule has 1 unspecified atom stereocenters. The lowest BCUT2D eigenvalue weighted by Crippen LogP contribution is -2.34. The molecule has 41 heavy (non-hydrogen) atoms. The molecule has 2 fully saturated rings. The van der Waals surface area contributed by atoms with Crippen molar-refractivity contribution in [1.82, 2.24) is 24.9 Å². The molecule has 5 heterocycles. The van der Waals surface area contributed by atoms with E-state index in [2.05, 4.69) is 30.2 Å². The van der Waals surface area contributed by atoms with Gasteiger partial charge in [0.2, 0.25) is 5.82 Å². The van der Waals surface area contributed by atoms with E-state index in [4.69, 9.17) is 31.1 Å². The molecule has 3 aromatic heterocycles. The molecule has 1 aromatic carbocycles. The van der Waals surface area contributed by atoms with E-state index in [1.807, 2.05) is 26.0 Å². The first-order valence-corrected chi connectivity index (χ1v) is 13.8. The Morgan fingerprint density at radius 2 is 1.90 bits per heavy atom. The van der Waals surface area contributed by atoms with Gasteiger partial charge in [0, 0.05) is 23.5 Å². The molecule has 0 radical (unpaired) electrons. The quantitative estimate of drug-likeness (QED) is 0.315. The minimum atomic E-state index is -0.671. The molecular formula is C28H27ClFN7O4. The molecule has 0 spiro atoms. The topological polar surface area (TPSA) is 151 Å². The van der Waals surface area contributed by atoms with Crippen LogP contribution in [0.25, 0.3) is 22.3 Å². The van der Waals surface area contributed by atoms with E-state index < -0.39 is 18.3 Å². The number of fused-ring (bicyclic) bond motifs is 3. The number of anilines is 1. The Hall–Kier alpha value is -3.89. The molecular weight excluding hydrogens is 553 g/mol. The first kappa shape index (κ1) is 27.3. The summed E-state index contributed by atoms with van der Waals surface area (Å²) in [4.78, 5) is 20.0. The van der Waals surface area contributed by atoms with Crippen LogP contribution in [0.15, 0.2) is 30.6 Å². The van der Waals surface area contributed by atoms with Crippen molar-refractivity contribution in [3.63, 3.8) is 0 Å². The third kappa shape index (κ3) is 5.06. The summed E-state index contributed by atoms with van der Waals surface area (Å²) in [5.41, 5.74) is 3.68. The summed E-state index contributed by atoms with van der Waals surface area (Å²) in [5.74, 6) is 0.0897. The number of halogens is 2. The van der Waals surface area contributed by atoms with Gasteiger partial charge in [-0.05, 0) is 36.1 Å². The van der Waals surface area contributed by atoms with E-state index in [9.17, 15) is 5.11 Å². The van der Waals surface area contributed by atoms with Crippen LogP contribution in [0, 0.1) is 17.1 Å². The van der Waals surface area contributed by atoms with Gasteiger partial charge in [-0.3, -0.25) is 0 Å². The van der Waals surface area contributed by atoms with E-state index in [-0.39, 0.29) is 43.0 Å². The SMILES string of the molecule is CC.N#Cc1ncc(-c2cc(F)c3c(c2)CC[C@@H]3Nc2nc3nc(O[C@@H]4COC5[C@H](O)CO[C@@H]54)[nH]c3cc2Cl)cn1. The van der Waals surface area contributed by atoms with Crippen LogP contribution in [0.4, 0.5) is 10.2 Å². The van der Waals surface area contributed by atoms with Gasteiger partial charge in [0.25, 0.3) is 6.01 Å². The number of H-pyrrole nitrogens is 1. The molecule has 0 amide bonds. The number of hydrogen-bond donors (Lipinski definition) is 3. The van der Waals surface area contributed by atoms with Crippen LogP contribution in [-0.4, -0.2) is 67.7 Å². The Bertz CT molecular complexity index is 1630. The van der Waals surface area contributed by atoms with Gasteiger partial charge in [-0.15, -0.1) is 0 Å². The molecule has 0 saturated carbocycles. The summed E-state index contributed by atoms with van der Waals surface area (Å²) in [5, 5.41) is 22.5. The van der Waals surface area contributed by atoms with Crippen molar-refractivity contribution in [1.29, 1.82) is 5.26 Å². The number of imidazole rings is 1. The monoisotopic (exact) mass is 579 g/mol. The Morgan fingerprint density at radius 1 is 1.12 bits per heavy atom. The van der Waals surface area contributed by atoms with Crippen molar-refractivity contribution in [3.05, 3.63) is 58.4 Å². The van der Waals surface area contributed by atoms with Gasteiger partial charge in [-0.1, -0.05) is 31.5 Å².